The summed E-state index contributed by atoms with van der Waals surface area (Å²) in [4.78, 5) is 2.35. The first-order chi connectivity index (χ1) is 13.2. The zero-order valence-electron chi connectivity index (χ0n) is 16.3. The zero-order chi connectivity index (χ0) is 20.7. The zero-order valence-corrected chi connectivity index (χ0v) is 16.3. The van der Waals surface area contributed by atoms with Gasteiger partial charge in [-0.1, -0.05) is 20.1 Å². The first-order valence-corrected chi connectivity index (χ1v) is 9.64. The number of hydrogen-bond donors (Lipinski definition) is 2. The predicted octanol–water partition coefficient (Wildman–Crippen LogP) is 4.63. The Hall–Kier alpha value is -2.02. The van der Waals surface area contributed by atoms with Crippen LogP contribution in [0.5, 0.6) is 0 Å². The van der Waals surface area contributed by atoms with Gasteiger partial charge in [-0.15, -0.1) is 0 Å². The third kappa shape index (κ3) is 6.86. The molecule has 1 saturated heterocycles. The van der Waals surface area contributed by atoms with Crippen molar-refractivity contribution in [2.24, 2.45) is 5.92 Å². The van der Waals surface area contributed by atoms with E-state index in [-0.39, 0.29) is 5.56 Å². The Balaban J connectivity index is 1.80. The molecule has 28 heavy (non-hydrogen) atoms. The van der Waals surface area contributed by atoms with Crippen LogP contribution in [0.4, 0.5) is 17.6 Å². The Morgan fingerprint density at radius 2 is 1.82 bits per heavy atom. The molecule has 3 nitrogen and oxygen atoms in total. The largest absolute Gasteiger partial charge is 0.416 e. The molecular weight excluding hydrogens is 370 g/mol. The van der Waals surface area contributed by atoms with Crippen molar-refractivity contribution in [1.82, 2.24) is 15.5 Å². The van der Waals surface area contributed by atoms with Crippen LogP contribution in [0.3, 0.4) is 0 Å². The first kappa shape index (κ1) is 22.3. The third-order valence-electron chi connectivity index (χ3n) is 4.92. The number of alkyl halides is 3. The molecule has 156 valence electrons. The molecule has 0 radical (unpaired) electrons. The second-order valence-electron chi connectivity index (χ2n) is 7.34. The number of rotatable bonds is 9. The summed E-state index contributed by atoms with van der Waals surface area (Å²) in [7, 11) is 0. The molecule has 1 heterocycles. The van der Waals surface area contributed by atoms with Crippen LogP contribution in [0.25, 0.3) is 5.70 Å². The molecular formula is C21H29F4N3. The summed E-state index contributed by atoms with van der Waals surface area (Å²) in [5.41, 5.74) is 0.460. The van der Waals surface area contributed by atoms with Gasteiger partial charge in [0.2, 0.25) is 0 Å². The van der Waals surface area contributed by atoms with E-state index in [0.717, 1.165) is 63.3 Å². The van der Waals surface area contributed by atoms with E-state index in [0.29, 0.717) is 24.2 Å². The van der Waals surface area contributed by atoms with E-state index in [9.17, 15) is 17.6 Å². The molecule has 1 fully saturated rings. The maximum absolute atomic E-state index is 13.6. The summed E-state index contributed by atoms with van der Waals surface area (Å²) in [6, 6.07) is 2.49. The lowest BCUT2D eigenvalue weighted by Gasteiger charge is -2.33. The average Bonchev–Trinajstić information content (AvgIpc) is 2.64. The molecule has 0 atom stereocenters. The Morgan fingerprint density at radius 3 is 2.43 bits per heavy atom. The molecule has 0 aliphatic carbocycles. The van der Waals surface area contributed by atoms with Crippen LogP contribution in [-0.2, 0) is 6.18 Å². The maximum atomic E-state index is 13.6. The minimum absolute atomic E-state index is 0.128. The van der Waals surface area contributed by atoms with Gasteiger partial charge in [0.05, 0.1) is 5.56 Å². The van der Waals surface area contributed by atoms with Crippen molar-refractivity contribution in [3.63, 3.8) is 0 Å². The van der Waals surface area contributed by atoms with Crippen LogP contribution >= 0.6 is 0 Å². The second-order valence-corrected chi connectivity index (χ2v) is 7.34. The second kappa shape index (κ2) is 9.96. The van der Waals surface area contributed by atoms with Gasteiger partial charge in [0.1, 0.15) is 5.82 Å². The number of likely N-dealkylation sites (tertiary alicyclic amines) is 1. The molecule has 2 N–H and O–H groups in total. The van der Waals surface area contributed by atoms with E-state index in [2.05, 4.69) is 35.6 Å². The highest BCUT2D eigenvalue weighted by Gasteiger charge is 2.31. The predicted molar refractivity (Wildman–Crippen MR) is 105 cm³/mol. The molecule has 0 spiro atoms. The summed E-state index contributed by atoms with van der Waals surface area (Å²) in [6.07, 6.45) is -1.55. The summed E-state index contributed by atoms with van der Waals surface area (Å²) in [6.45, 7) is 14.2. The molecule has 0 saturated carbocycles. The van der Waals surface area contributed by atoms with Crippen LogP contribution in [0.1, 0.15) is 37.3 Å². The fraction of sp³-hybridized carbons (Fsp3) is 0.524. The average molecular weight is 399 g/mol. The minimum Gasteiger partial charge on any atom is -0.388 e. The molecule has 1 aliphatic heterocycles. The van der Waals surface area contributed by atoms with Gasteiger partial charge in [-0.05, 0) is 56.5 Å². The Kier molecular flexibility index (Phi) is 7.92. The van der Waals surface area contributed by atoms with Crippen LogP contribution in [-0.4, -0.2) is 37.6 Å². The molecule has 0 amide bonds. The van der Waals surface area contributed by atoms with Gasteiger partial charge in [-0.3, -0.25) is 4.90 Å². The van der Waals surface area contributed by atoms with Crippen molar-refractivity contribution in [3.8, 4) is 0 Å². The highest BCUT2D eigenvalue weighted by atomic mass is 19.4. The highest BCUT2D eigenvalue weighted by molar-refractivity contribution is 5.62. The lowest BCUT2D eigenvalue weighted by atomic mass is 9.96. The highest BCUT2D eigenvalue weighted by Crippen LogP contribution is 2.31. The van der Waals surface area contributed by atoms with E-state index in [1.807, 2.05) is 0 Å². The van der Waals surface area contributed by atoms with Crippen molar-refractivity contribution < 1.29 is 17.6 Å². The molecule has 2 rings (SSSR count). The van der Waals surface area contributed by atoms with Crippen molar-refractivity contribution in [3.05, 3.63) is 54.0 Å². The van der Waals surface area contributed by atoms with E-state index in [1.54, 1.807) is 0 Å². The summed E-state index contributed by atoms with van der Waals surface area (Å²) in [5.74, 6) is -0.515. The number of piperidine rings is 1. The van der Waals surface area contributed by atoms with E-state index >= 15 is 0 Å². The van der Waals surface area contributed by atoms with Crippen LogP contribution in [0.15, 0.2) is 37.1 Å². The lowest BCUT2D eigenvalue weighted by Crippen LogP contribution is -2.39. The Morgan fingerprint density at radius 1 is 1.14 bits per heavy atom. The number of nitrogens with zero attached hydrogens (tertiary/aromatic N) is 1. The molecule has 0 aromatic heterocycles. The number of benzene rings is 1. The van der Waals surface area contributed by atoms with Gasteiger partial charge in [-0.25, -0.2) is 4.39 Å². The van der Waals surface area contributed by atoms with Crippen molar-refractivity contribution in [2.45, 2.75) is 32.4 Å². The fourth-order valence-electron chi connectivity index (χ4n) is 3.27. The standard InChI is InChI=1S/C21H29F4N3/c1-4-7-26-15(2)14-28-8-5-17(6-9-28)13-27-16(3)18-10-19(21(23,24)25)12-20(22)11-18/h10-12,17,26-27H,2-9,13-14H2,1H3. The van der Waals surface area contributed by atoms with Gasteiger partial charge in [-0.2, -0.15) is 13.2 Å². The van der Waals surface area contributed by atoms with Gasteiger partial charge < -0.3 is 10.6 Å². The van der Waals surface area contributed by atoms with E-state index < -0.39 is 17.6 Å². The van der Waals surface area contributed by atoms with Crippen LogP contribution in [0, 0.1) is 11.7 Å². The summed E-state index contributed by atoms with van der Waals surface area (Å²) >= 11 is 0. The van der Waals surface area contributed by atoms with Crippen LogP contribution < -0.4 is 10.6 Å². The van der Waals surface area contributed by atoms with Gasteiger partial charge >= 0.3 is 6.18 Å². The van der Waals surface area contributed by atoms with Gasteiger partial charge in [0.15, 0.2) is 0 Å². The molecule has 1 aromatic rings. The van der Waals surface area contributed by atoms with E-state index in [4.69, 9.17) is 0 Å². The van der Waals surface area contributed by atoms with Gasteiger partial charge in [0, 0.05) is 36.6 Å². The van der Waals surface area contributed by atoms with E-state index in [1.165, 1.54) is 0 Å². The summed E-state index contributed by atoms with van der Waals surface area (Å²) in [5, 5.41) is 6.38. The number of halogens is 4. The normalized spacial score (nSPS) is 16.0. The maximum Gasteiger partial charge on any atom is 0.416 e. The molecule has 1 aliphatic rings. The SMILES string of the molecule is C=C(CN1CCC(CNC(=C)c2cc(F)cc(C(F)(F)F)c2)CC1)NCCC. The topological polar surface area (TPSA) is 27.3 Å². The van der Waals surface area contributed by atoms with Crippen molar-refractivity contribution >= 4 is 5.70 Å². The molecule has 1 aromatic carbocycles. The minimum atomic E-state index is -4.58. The van der Waals surface area contributed by atoms with Crippen LogP contribution in [0.2, 0.25) is 0 Å². The first-order valence-electron chi connectivity index (χ1n) is 9.64. The molecule has 7 heteroatoms. The number of nitrogens with one attached hydrogen (secondary N) is 2. The third-order valence-corrected chi connectivity index (χ3v) is 4.92. The molecule has 0 bridgehead atoms. The lowest BCUT2D eigenvalue weighted by molar-refractivity contribution is -0.137. The monoisotopic (exact) mass is 399 g/mol. The Labute approximate surface area is 164 Å². The molecule has 0 unspecified atom stereocenters. The van der Waals surface area contributed by atoms with Crippen molar-refractivity contribution in [1.29, 1.82) is 0 Å². The summed E-state index contributed by atoms with van der Waals surface area (Å²) < 4.78 is 52.1. The van der Waals surface area contributed by atoms with Crippen molar-refractivity contribution in [2.75, 3.05) is 32.7 Å². The Bertz CT molecular complexity index is 677. The number of hydrogen-bond acceptors (Lipinski definition) is 3. The smallest absolute Gasteiger partial charge is 0.388 e. The fourth-order valence-corrected chi connectivity index (χ4v) is 3.27. The van der Waals surface area contributed by atoms with Gasteiger partial charge in [0.25, 0.3) is 0 Å². The quantitative estimate of drug-likeness (QED) is 0.593.